The monoisotopic (exact) mass is 510 g/mol. The molecule has 0 fully saturated rings. The predicted octanol–water partition coefficient (Wildman–Crippen LogP) is 5.44. The number of amides is 2. The molecule has 0 saturated carbocycles. The van der Waals surface area contributed by atoms with Crippen LogP contribution in [0.4, 0.5) is 19.3 Å². The Morgan fingerprint density at radius 2 is 2.00 bits per heavy atom. The number of carbonyl (C=O) groups excluding carboxylic acids is 2. The maximum absolute atomic E-state index is 13.8. The van der Waals surface area contributed by atoms with Crippen molar-refractivity contribution in [2.75, 3.05) is 18.1 Å². The van der Waals surface area contributed by atoms with Crippen LogP contribution in [0.15, 0.2) is 34.8 Å². The van der Waals surface area contributed by atoms with E-state index < -0.39 is 36.1 Å². The largest absolute Gasteiger partial charge is 0.454 e. The Hall–Kier alpha value is -2.68. The summed E-state index contributed by atoms with van der Waals surface area (Å²) in [6.07, 6.45) is -0.552. The quantitative estimate of drug-likeness (QED) is 0.581. The Labute approximate surface area is 194 Å². The van der Waals surface area contributed by atoms with Gasteiger partial charge in [-0.05, 0) is 66.9 Å². The fourth-order valence-corrected chi connectivity index (χ4v) is 3.77. The van der Waals surface area contributed by atoms with Crippen LogP contribution >= 0.6 is 15.9 Å². The number of aryl methyl sites for hydroxylation is 1. The van der Waals surface area contributed by atoms with Gasteiger partial charge in [0.15, 0.2) is 5.75 Å². The van der Waals surface area contributed by atoms with Crippen LogP contribution in [0.3, 0.4) is 0 Å². The van der Waals surface area contributed by atoms with Crippen LogP contribution in [0.25, 0.3) is 0 Å². The van der Waals surface area contributed by atoms with E-state index in [-0.39, 0.29) is 18.7 Å². The van der Waals surface area contributed by atoms with Gasteiger partial charge in [0.05, 0.1) is 16.7 Å². The Bertz CT molecular complexity index is 1040. The Morgan fingerprint density at radius 1 is 1.28 bits per heavy atom. The highest BCUT2D eigenvalue weighted by Crippen LogP contribution is 2.43. The van der Waals surface area contributed by atoms with Gasteiger partial charge in [0, 0.05) is 12.5 Å². The summed E-state index contributed by atoms with van der Waals surface area (Å²) >= 11 is 3.33. The standard InChI is InChI=1S/C23H25BrF2N2O4/c1-13-5-6-14-11-17(27-22(30)32-23(2,3)4)21(29)28(10-9-25)19(14)20(13)31-18-12-15(26)7-8-16(18)24/h5-8,12,17H,9-11H2,1-4H3,(H,27,30)/t17-/m1/s1. The van der Waals surface area contributed by atoms with Gasteiger partial charge in [-0.25, -0.2) is 13.6 Å². The molecule has 0 radical (unpaired) electrons. The fourth-order valence-electron chi connectivity index (χ4n) is 3.44. The molecule has 0 saturated heterocycles. The van der Waals surface area contributed by atoms with E-state index in [4.69, 9.17) is 9.47 Å². The first-order valence-corrected chi connectivity index (χ1v) is 10.9. The van der Waals surface area contributed by atoms with Gasteiger partial charge < -0.3 is 19.7 Å². The van der Waals surface area contributed by atoms with Crippen molar-refractivity contribution in [1.82, 2.24) is 5.32 Å². The van der Waals surface area contributed by atoms with Gasteiger partial charge in [-0.2, -0.15) is 0 Å². The van der Waals surface area contributed by atoms with Crippen LogP contribution in [0.5, 0.6) is 11.5 Å². The normalized spacial score (nSPS) is 15.9. The minimum absolute atomic E-state index is 0.178. The topological polar surface area (TPSA) is 67.9 Å². The summed E-state index contributed by atoms with van der Waals surface area (Å²) in [5.41, 5.74) is 1.06. The molecule has 0 spiro atoms. The number of hydrogen-bond acceptors (Lipinski definition) is 4. The number of anilines is 1. The van der Waals surface area contributed by atoms with Crippen molar-refractivity contribution < 1.29 is 27.8 Å². The third kappa shape index (κ3) is 5.38. The summed E-state index contributed by atoms with van der Waals surface area (Å²) in [5.74, 6) is -0.409. The summed E-state index contributed by atoms with van der Waals surface area (Å²) in [5, 5.41) is 2.58. The molecule has 1 N–H and O–H groups in total. The second kappa shape index (κ2) is 9.44. The smallest absolute Gasteiger partial charge is 0.408 e. The fraction of sp³-hybridized carbons (Fsp3) is 0.391. The van der Waals surface area contributed by atoms with Gasteiger partial charge in [0.25, 0.3) is 0 Å². The van der Waals surface area contributed by atoms with Crippen molar-refractivity contribution in [2.45, 2.75) is 45.8 Å². The molecule has 2 aromatic carbocycles. The van der Waals surface area contributed by atoms with Crippen LogP contribution in [-0.2, 0) is 16.0 Å². The first-order valence-electron chi connectivity index (χ1n) is 10.1. The number of alkyl halides is 1. The molecule has 32 heavy (non-hydrogen) atoms. The average Bonchev–Trinajstić information content (AvgIpc) is 2.68. The molecule has 0 unspecified atom stereocenters. The summed E-state index contributed by atoms with van der Waals surface area (Å²) in [6.45, 7) is 5.93. The maximum atomic E-state index is 13.8. The molecular formula is C23H25BrF2N2O4. The molecule has 3 rings (SSSR count). The number of alkyl carbamates (subject to hydrolysis) is 1. The molecule has 1 atom stereocenters. The number of hydrogen-bond donors (Lipinski definition) is 1. The van der Waals surface area contributed by atoms with E-state index in [1.165, 1.54) is 23.1 Å². The van der Waals surface area contributed by atoms with E-state index in [2.05, 4.69) is 21.2 Å². The van der Waals surface area contributed by atoms with E-state index in [9.17, 15) is 18.4 Å². The molecule has 2 aromatic rings. The van der Waals surface area contributed by atoms with Crippen molar-refractivity contribution in [1.29, 1.82) is 0 Å². The van der Waals surface area contributed by atoms with Gasteiger partial charge in [-0.1, -0.05) is 12.1 Å². The number of nitrogens with one attached hydrogen (secondary N) is 1. The van der Waals surface area contributed by atoms with E-state index in [1.54, 1.807) is 39.8 Å². The molecule has 2 amide bonds. The van der Waals surface area contributed by atoms with E-state index >= 15 is 0 Å². The Kier molecular flexibility index (Phi) is 7.07. The number of carbonyl (C=O) groups is 2. The first kappa shape index (κ1) is 24.0. The van der Waals surface area contributed by atoms with E-state index in [1.807, 2.05) is 0 Å². The molecule has 0 aromatic heterocycles. The molecule has 1 heterocycles. The highest BCUT2D eigenvalue weighted by molar-refractivity contribution is 9.10. The molecule has 1 aliphatic rings. The van der Waals surface area contributed by atoms with E-state index in [0.717, 1.165) is 0 Å². The molecule has 0 aliphatic carbocycles. The summed E-state index contributed by atoms with van der Waals surface area (Å²) in [7, 11) is 0. The summed E-state index contributed by atoms with van der Waals surface area (Å²) in [6, 6.07) is 6.71. The van der Waals surface area contributed by atoms with Crippen LogP contribution < -0.4 is 15.0 Å². The van der Waals surface area contributed by atoms with Gasteiger partial charge in [0.1, 0.15) is 29.9 Å². The predicted molar refractivity (Wildman–Crippen MR) is 121 cm³/mol. The molecule has 6 nitrogen and oxygen atoms in total. The Balaban J connectivity index is 1.99. The van der Waals surface area contributed by atoms with Gasteiger partial charge in [-0.15, -0.1) is 0 Å². The lowest BCUT2D eigenvalue weighted by Gasteiger charge is -2.36. The number of ether oxygens (including phenoxy) is 2. The molecular weight excluding hydrogens is 486 g/mol. The van der Waals surface area contributed by atoms with Crippen LogP contribution in [-0.4, -0.2) is 36.9 Å². The number of nitrogens with zero attached hydrogens (tertiary/aromatic N) is 1. The zero-order valence-electron chi connectivity index (χ0n) is 18.3. The number of halogens is 3. The zero-order chi connectivity index (χ0) is 23.6. The summed E-state index contributed by atoms with van der Waals surface area (Å²) in [4.78, 5) is 26.7. The van der Waals surface area contributed by atoms with Crippen molar-refractivity contribution in [3.05, 3.63) is 51.7 Å². The van der Waals surface area contributed by atoms with Crippen molar-refractivity contribution in [3.63, 3.8) is 0 Å². The van der Waals surface area contributed by atoms with Gasteiger partial charge in [-0.3, -0.25) is 4.79 Å². The second-order valence-electron chi connectivity index (χ2n) is 8.48. The maximum Gasteiger partial charge on any atom is 0.408 e. The molecule has 1 aliphatic heterocycles. The van der Waals surface area contributed by atoms with Crippen molar-refractivity contribution in [3.8, 4) is 11.5 Å². The first-order chi connectivity index (χ1) is 15.0. The number of rotatable bonds is 5. The number of benzene rings is 2. The summed E-state index contributed by atoms with van der Waals surface area (Å²) < 4.78 is 39.0. The Morgan fingerprint density at radius 3 is 2.66 bits per heavy atom. The lowest BCUT2D eigenvalue weighted by Crippen LogP contribution is -2.54. The van der Waals surface area contributed by atoms with Crippen LogP contribution in [0.2, 0.25) is 0 Å². The SMILES string of the molecule is Cc1ccc2c(c1Oc1cc(F)ccc1Br)N(CCF)C(=O)[C@H](NC(=O)OC(C)(C)C)C2. The van der Waals surface area contributed by atoms with E-state index in [0.29, 0.717) is 27.0 Å². The minimum atomic E-state index is -0.916. The lowest BCUT2D eigenvalue weighted by molar-refractivity contribution is -0.121. The average molecular weight is 511 g/mol. The van der Waals surface area contributed by atoms with Gasteiger partial charge in [0.2, 0.25) is 5.91 Å². The van der Waals surface area contributed by atoms with Gasteiger partial charge >= 0.3 is 6.09 Å². The highest BCUT2D eigenvalue weighted by atomic mass is 79.9. The second-order valence-corrected chi connectivity index (χ2v) is 9.33. The van der Waals surface area contributed by atoms with Crippen LogP contribution in [0.1, 0.15) is 31.9 Å². The lowest BCUT2D eigenvalue weighted by atomic mass is 9.94. The minimum Gasteiger partial charge on any atom is -0.454 e. The van der Waals surface area contributed by atoms with Crippen molar-refractivity contribution >= 4 is 33.6 Å². The van der Waals surface area contributed by atoms with Crippen LogP contribution in [0, 0.1) is 12.7 Å². The highest BCUT2D eigenvalue weighted by Gasteiger charge is 2.37. The molecule has 172 valence electrons. The third-order valence-corrected chi connectivity index (χ3v) is 5.43. The third-order valence-electron chi connectivity index (χ3n) is 4.77. The molecule has 9 heteroatoms. The molecule has 0 bridgehead atoms. The van der Waals surface area contributed by atoms with Crippen molar-refractivity contribution in [2.24, 2.45) is 0 Å². The number of fused-ring (bicyclic) bond motifs is 1. The zero-order valence-corrected chi connectivity index (χ0v) is 19.9.